The molecule has 0 aliphatic carbocycles. The van der Waals surface area contributed by atoms with E-state index < -0.39 is 0 Å². The van der Waals surface area contributed by atoms with Crippen LogP contribution in [0.5, 0.6) is 0 Å². The third kappa shape index (κ3) is 4.46. The zero-order chi connectivity index (χ0) is 39.1. The fourth-order valence-electron chi connectivity index (χ4n) is 9.62. The minimum atomic E-state index is 0.999. The van der Waals surface area contributed by atoms with Crippen LogP contribution in [0.2, 0.25) is 0 Å². The summed E-state index contributed by atoms with van der Waals surface area (Å²) in [6.07, 6.45) is 3.83. The van der Waals surface area contributed by atoms with E-state index in [0.29, 0.717) is 0 Å². The molecule has 8 aromatic carbocycles. The molecule has 0 radical (unpaired) electrons. The number of pyridine rings is 2. The number of para-hydroxylation sites is 2. The van der Waals surface area contributed by atoms with E-state index in [1.54, 1.807) is 22.7 Å². The SMILES string of the molecule is c1ccc2sc(-c3ccc(-n4c5cccnc5c5c6ccc7cc8c(c9ccc(cc54)c6c79)c4ncccc4n8-c4ccc(-c5nc6ccccc6s5)cc4)cc3)nc2c1. The molecular weight excluding hydrogens is 773 g/mol. The average Bonchev–Trinajstić information content (AvgIpc) is 4.09. The van der Waals surface area contributed by atoms with Crippen LogP contribution in [0.25, 0.3) is 129 Å². The van der Waals surface area contributed by atoms with E-state index in [-0.39, 0.29) is 0 Å². The number of thiazole rings is 2. The van der Waals surface area contributed by atoms with Crippen molar-refractivity contribution in [2.45, 2.75) is 0 Å². The third-order valence-electron chi connectivity index (χ3n) is 12.2. The highest BCUT2D eigenvalue weighted by Crippen LogP contribution is 2.46. The van der Waals surface area contributed by atoms with Gasteiger partial charge < -0.3 is 9.13 Å². The van der Waals surface area contributed by atoms with Crippen molar-refractivity contribution in [2.75, 3.05) is 0 Å². The topological polar surface area (TPSA) is 61.4 Å². The smallest absolute Gasteiger partial charge is 0.124 e. The highest BCUT2D eigenvalue weighted by Gasteiger charge is 2.23. The summed E-state index contributed by atoms with van der Waals surface area (Å²) in [5.41, 5.74) is 12.9. The van der Waals surface area contributed by atoms with Gasteiger partial charge in [0.1, 0.15) is 10.0 Å². The molecule has 60 heavy (non-hydrogen) atoms. The molecule has 278 valence electrons. The van der Waals surface area contributed by atoms with Gasteiger partial charge in [0.05, 0.1) is 53.5 Å². The Kier molecular flexibility index (Phi) is 6.50. The summed E-state index contributed by atoms with van der Waals surface area (Å²) >= 11 is 3.46. The molecule has 8 heteroatoms. The van der Waals surface area contributed by atoms with Crippen molar-refractivity contribution in [3.8, 4) is 32.5 Å². The molecule has 0 bridgehead atoms. The maximum Gasteiger partial charge on any atom is 0.124 e. The van der Waals surface area contributed by atoms with E-state index >= 15 is 0 Å². The molecular formula is C52H28N6S2. The number of rotatable bonds is 4. The molecule has 0 unspecified atom stereocenters. The molecule has 0 aliphatic heterocycles. The molecule has 0 fully saturated rings. The van der Waals surface area contributed by atoms with E-state index in [4.69, 9.17) is 19.9 Å². The number of nitrogens with zero attached hydrogens (tertiary/aromatic N) is 6. The van der Waals surface area contributed by atoms with Gasteiger partial charge in [-0.25, -0.2) is 9.97 Å². The summed E-state index contributed by atoms with van der Waals surface area (Å²) in [5, 5.41) is 11.7. The van der Waals surface area contributed by atoms with Crippen LogP contribution >= 0.6 is 22.7 Å². The molecule has 14 aromatic rings. The standard InChI is InChI=1S/C52H28N6S2/c1-3-11-43-37(7-1)55-51(59-43)29-13-19-33(20-14-29)57-39-9-5-25-53-49(39)47-35-23-18-32-28-42-48(36-24-17-31(27-41(47)57)45(35)46(32)36)50-40(10-6-26-54-50)58(42)34-21-15-30(16-22-34)52-56-38-8-2-4-12-44(38)60-52/h1-28H. The first-order chi connectivity index (χ1) is 29.7. The third-order valence-corrected chi connectivity index (χ3v) is 14.4. The van der Waals surface area contributed by atoms with Crippen molar-refractivity contribution in [3.05, 3.63) is 170 Å². The van der Waals surface area contributed by atoms with Gasteiger partial charge in [-0.1, -0.05) is 48.5 Å². The summed E-state index contributed by atoms with van der Waals surface area (Å²) in [4.78, 5) is 19.9. The zero-order valence-corrected chi connectivity index (χ0v) is 33.3. The lowest BCUT2D eigenvalue weighted by atomic mass is 9.91. The summed E-state index contributed by atoms with van der Waals surface area (Å²) in [5.74, 6) is 0. The average molecular weight is 801 g/mol. The van der Waals surface area contributed by atoms with Crippen LogP contribution < -0.4 is 0 Å². The van der Waals surface area contributed by atoms with Crippen LogP contribution in [0.15, 0.2) is 170 Å². The van der Waals surface area contributed by atoms with Crippen molar-refractivity contribution in [3.63, 3.8) is 0 Å². The lowest BCUT2D eigenvalue weighted by molar-refractivity contribution is 1.18. The van der Waals surface area contributed by atoms with Gasteiger partial charge in [-0.05, 0) is 142 Å². The predicted octanol–water partition coefficient (Wildman–Crippen LogP) is 14.1. The van der Waals surface area contributed by atoms with Gasteiger partial charge >= 0.3 is 0 Å². The summed E-state index contributed by atoms with van der Waals surface area (Å²) in [7, 11) is 0. The van der Waals surface area contributed by atoms with E-state index in [1.807, 2.05) is 36.7 Å². The van der Waals surface area contributed by atoms with Gasteiger partial charge in [-0.15, -0.1) is 22.7 Å². The Morgan fingerprint density at radius 3 is 1.28 bits per heavy atom. The number of fused-ring (bicyclic) bond motifs is 10. The lowest BCUT2D eigenvalue weighted by Crippen LogP contribution is -1.95. The van der Waals surface area contributed by atoms with Crippen molar-refractivity contribution in [2.24, 2.45) is 0 Å². The van der Waals surface area contributed by atoms with Gasteiger partial charge in [0, 0.05) is 45.7 Å². The van der Waals surface area contributed by atoms with E-state index in [9.17, 15) is 0 Å². The molecule has 6 heterocycles. The molecule has 0 amide bonds. The minimum absolute atomic E-state index is 0.999. The highest BCUT2D eigenvalue weighted by atomic mass is 32.1. The van der Waals surface area contributed by atoms with Crippen molar-refractivity contribution >= 4 is 119 Å². The Hall–Kier alpha value is -7.52. The van der Waals surface area contributed by atoms with Crippen molar-refractivity contribution < 1.29 is 0 Å². The summed E-state index contributed by atoms with van der Waals surface area (Å²) in [6, 6.07) is 56.7. The van der Waals surface area contributed by atoms with Crippen LogP contribution in [-0.4, -0.2) is 29.1 Å². The Labute approximate surface area is 349 Å². The number of aromatic nitrogens is 6. The van der Waals surface area contributed by atoms with Gasteiger partial charge in [0.2, 0.25) is 0 Å². The van der Waals surface area contributed by atoms with Crippen LogP contribution in [0, 0.1) is 0 Å². The largest absolute Gasteiger partial charge is 0.308 e. The molecule has 14 rings (SSSR count). The monoisotopic (exact) mass is 800 g/mol. The van der Waals surface area contributed by atoms with E-state index in [1.165, 1.54) is 41.7 Å². The quantitative estimate of drug-likeness (QED) is 0.166. The Bertz CT molecular complexity index is 3730. The number of hydrogen-bond donors (Lipinski definition) is 0. The Balaban J connectivity index is 0.967. The van der Waals surface area contributed by atoms with Gasteiger partial charge in [-0.2, -0.15) is 0 Å². The molecule has 0 N–H and O–H groups in total. The number of benzene rings is 8. The second-order valence-electron chi connectivity index (χ2n) is 15.4. The molecule has 0 spiro atoms. The van der Waals surface area contributed by atoms with E-state index in [0.717, 1.165) is 87.4 Å². The maximum atomic E-state index is 5.05. The van der Waals surface area contributed by atoms with Crippen LogP contribution in [0.4, 0.5) is 0 Å². The first-order valence-corrected chi connectivity index (χ1v) is 21.6. The van der Waals surface area contributed by atoms with Gasteiger partial charge in [0.25, 0.3) is 0 Å². The first kappa shape index (κ1) is 32.4. The number of hydrogen-bond acceptors (Lipinski definition) is 6. The fourth-order valence-corrected chi connectivity index (χ4v) is 11.6. The molecule has 0 atom stereocenters. The summed E-state index contributed by atoms with van der Waals surface area (Å²) in [6.45, 7) is 0. The first-order valence-electron chi connectivity index (χ1n) is 20.0. The normalized spacial score (nSPS) is 12.3. The predicted molar refractivity (Wildman–Crippen MR) is 252 cm³/mol. The van der Waals surface area contributed by atoms with Crippen LogP contribution in [0.1, 0.15) is 0 Å². The van der Waals surface area contributed by atoms with Crippen molar-refractivity contribution in [1.82, 2.24) is 29.1 Å². The molecule has 6 aromatic heterocycles. The lowest BCUT2D eigenvalue weighted by Gasteiger charge is -2.15. The second kappa shape index (κ2) is 12.0. The minimum Gasteiger partial charge on any atom is -0.308 e. The Morgan fingerprint density at radius 1 is 0.383 bits per heavy atom. The molecule has 0 aliphatic rings. The van der Waals surface area contributed by atoms with Crippen LogP contribution in [-0.2, 0) is 0 Å². The molecule has 0 saturated heterocycles. The highest BCUT2D eigenvalue weighted by molar-refractivity contribution is 7.22. The van der Waals surface area contributed by atoms with Gasteiger partial charge in [0.15, 0.2) is 0 Å². The summed E-state index contributed by atoms with van der Waals surface area (Å²) < 4.78 is 7.13. The Morgan fingerprint density at radius 2 is 0.833 bits per heavy atom. The van der Waals surface area contributed by atoms with Crippen LogP contribution in [0.3, 0.4) is 0 Å². The van der Waals surface area contributed by atoms with Gasteiger partial charge in [-0.3, -0.25) is 9.97 Å². The molecule has 0 saturated carbocycles. The van der Waals surface area contributed by atoms with E-state index in [2.05, 4.69) is 143 Å². The zero-order valence-electron chi connectivity index (χ0n) is 31.7. The van der Waals surface area contributed by atoms with Crippen molar-refractivity contribution in [1.29, 1.82) is 0 Å². The second-order valence-corrected chi connectivity index (χ2v) is 17.5. The fraction of sp³-hybridized carbons (Fsp3) is 0. The molecule has 6 nitrogen and oxygen atoms in total. The maximum absolute atomic E-state index is 5.05.